The van der Waals surface area contributed by atoms with E-state index in [1.165, 1.54) is 0 Å². The molecule has 0 spiro atoms. The Bertz CT molecular complexity index is 459. The molecule has 0 unspecified atom stereocenters. The number of primary amides is 1. The van der Waals surface area contributed by atoms with Gasteiger partial charge in [0.05, 0.1) is 11.3 Å². The van der Waals surface area contributed by atoms with Crippen LogP contribution in [0.1, 0.15) is 23.2 Å². The maximum atomic E-state index is 13.7. The Kier molecular flexibility index (Phi) is 3.76. The molecule has 1 heterocycles. The van der Waals surface area contributed by atoms with Gasteiger partial charge in [-0.1, -0.05) is 0 Å². The summed E-state index contributed by atoms with van der Waals surface area (Å²) in [5.74, 6) is -2.44. The van der Waals surface area contributed by atoms with Crippen LogP contribution in [0.4, 0.5) is 14.5 Å². The summed E-state index contributed by atoms with van der Waals surface area (Å²) < 4.78 is 27.2. The van der Waals surface area contributed by atoms with Crippen LogP contribution in [0.25, 0.3) is 0 Å². The van der Waals surface area contributed by atoms with Gasteiger partial charge in [0.25, 0.3) is 5.91 Å². The highest BCUT2D eigenvalue weighted by Crippen LogP contribution is 2.21. The molecule has 0 saturated carbocycles. The number of benzene rings is 1. The van der Waals surface area contributed by atoms with E-state index in [0.29, 0.717) is 0 Å². The van der Waals surface area contributed by atoms with Gasteiger partial charge in [-0.15, -0.1) is 0 Å². The Morgan fingerprint density at radius 1 is 1.28 bits per heavy atom. The van der Waals surface area contributed by atoms with E-state index in [1.807, 2.05) is 0 Å². The van der Waals surface area contributed by atoms with Crippen LogP contribution in [-0.2, 0) is 0 Å². The molecule has 1 amide bonds. The van der Waals surface area contributed by atoms with Crippen molar-refractivity contribution < 1.29 is 13.6 Å². The lowest BCUT2D eigenvalue weighted by Gasteiger charge is -2.25. The smallest absolute Gasteiger partial charge is 0.251 e. The molecule has 2 rings (SSSR count). The second-order valence-corrected chi connectivity index (χ2v) is 4.34. The van der Waals surface area contributed by atoms with Crippen LogP contribution in [0.2, 0.25) is 0 Å². The van der Waals surface area contributed by atoms with Crippen molar-refractivity contribution in [1.29, 1.82) is 0 Å². The van der Waals surface area contributed by atoms with Crippen molar-refractivity contribution in [1.82, 2.24) is 5.32 Å². The normalized spacial score (nSPS) is 16.6. The number of carbonyl (C=O) groups excluding carboxylic acids is 1. The maximum Gasteiger partial charge on any atom is 0.251 e. The number of hydrogen-bond donors (Lipinski definition) is 3. The molecule has 0 bridgehead atoms. The standard InChI is InChI=1S/C12H15F2N3O/c13-9-6-11(10(14)5-8(9)12(15)18)17-7-1-3-16-4-2-7/h5-7,16-17H,1-4H2,(H2,15,18). The van der Waals surface area contributed by atoms with E-state index in [1.54, 1.807) is 0 Å². The molecule has 98 valence electrons. The molecule has 1 aromatic carbocycles. The third kappa shape index (κ3) is 2.76. The molecule has 1 aliphatic rings. The maximum absolute atomic E-state index is 13.7. The molecule has 0 aliphatic carbocycles. The molecule has 4 N–H and O–H groups in total. The first-order chi connectivity index (χ1) is 8.58. The number of rotatable bonds is 3. The highest BCUT2D eigenvalue weighted by atomic mass is 19.1. The minimum absolute atomic E-state index is 0.0735. The zero-order valence-corrected chi connectivity index (χ0v) is 9.80. The summed E-state index contributed by atoms with van der Waals surface area (Å²) >= 11 is 0. The average molecular weight is 255 g/mol. The van der Waals surface area contributed by atoms with Gasteiger partial charge in [0.1, 0.15) is 11.6 Å². The highest BCUT2D eigenvalue weighted by Gasteiger charge is 2.17. The second kappa shape index (κ2) is 5.30. The van der Waals surface area contributed by atoms with Gasteiger partial charge in [-0.2, -0.15) is 0 Å². The van der Waals surface area contributed by atoms with Crippen molar-refractivity contribution in [3.05, 3.63) is 29.3 Å². The van der Waals surface area contributed by atoms with E-state index < -0.39 is 23.1 Å². The first kappa shape index (κ1) is 12.8. The fraction of sp³-hybridized carbons (Fsp3) is 0.417. The van der Waals surface area contributed by atoms with E-state index in [4.69, 9.17) is 5.73 Å². The number of piperidine rings is 1. The summed E-state index contributed by atoms with van der Waals surface area (Å²) in [6.07, 6.45) is 1.69. The number of halogens is 2. The fourth-order valence-corrected chi connectivity index (χ4v) is 2.03. The van der Waals surface area contributed by atoms with E-state index in [0.717, 1.165) is 38.1 Å². The van der Waals surface area contributed by atoms with Gasteiger partial charge in [-0.3, -0.25) is 4.79 Å². The molecule has 0 aromatic heterocycles. The van der Waals surface area contributed by atoms with Crippen molar-refractivity contribution in [2.75, 3.05) is 18.4 Å². The van der Waals surface area contributed by atoms with Crippen molar-refractivity contribution in [2.45, 2.75) is 18.9 Å². The van der Waals surface area contributed by atoms with Gasteiger partial charge in [-0.05, 0) is 32.0 Å². The summed E-state index contributed by atoms with van der Waals surface area (Å²) in [4.78, 5) is 10.9. The minimum atomic E-state index is -0.972. The average Bonchev–Trinajstić information content (AvgIpc) is 2.34. The highest BCUT2D eigenvalue weighted by molar-refractivity contribution is 5.93. The topological polar surface area (TPSA) is 67.2 Å². The molecule has 1 aliphatic heterocycles. The van der Waals surface area contributed by atoms with Crippen LogP contribution in [0.3, 0.4) is 0 Å². The van der Waals surface area contributed by atoms with E-state index in [2.05, 4.69) is 10.6 Å². The quantitative estimate of drug-likeness (QED) is 0.761. The number of carbonyl (C=O) groups is 1. The van der Waals surface area contributed by atoms with Crippen LogP contribution in [-0.4, -0.2) is 25.0 Å². The van der Waals surface area contributed by atoms with Crippen LogP contribution in [0, 0.1) is 11.6 Å². The first-order valence-corrected chi connectivity index (χ1v) is 5.84. The molecule has 4 nitrogen and oxygen atoms in total. The van der Waals surface area contributed by atoms with Crippen LogP contribution >= 0.6 is 0 Å². The molecular formula is C12H15F2N3O. The molecule has 1 fully saturated rings. The van der Waals surface area contributed by atoms with E-state index >= 15 is 0 Å². The summed E-state index contributed by atoms with van der Waals surface area (Å²) in [6, 6.07) is 1.93. The number of nitrogens with two attached hydrogens (primary N) is 1. The largest absolute Gasteiger partial charge is 0.380 e. The van der Waals surface area contributed by atoms with E-state index in [-0.39, 0.29) is 11.7 Å². The molecular weight excluding hydrogens is 240 g/mol. The zero-order valence-electron chi connectivity index (χ0n) is 9.80. The van der Waals surface area contributed by atoms with Crippen LogP contribution in [0.15, 0.2) is 12.1 Å². The Balaban J connectivity index is 2.18. The minimum Gasteiger partial charge on any atom is -0.380 e. The lowest BCUT2D eigenvalue weighted by atomic mass is 10.1. The van der Waals surface area contributed by atoms with Gasteiger partial charge in [0.15, 0.2) is 0 Å². The fourth-order valence-electron chi connectivity index (χ4n) is 2.03. The SMILES string of the molecule is NC(=O)c1cc(F)c(NC2CCNCC2)cc1F. The Morgan fingerprint density at radius 2 is 1.94 bits per heavy atom. The Hall–Kier alpha value is -1.69. The Labute approximate surface area is 104 Å². The monoisotopic (exact) mass is 255 g/mol. The van der Waals surface area contributed by atoms with Crippen molar-refractivity contribution in [3.63, 3.8) is 0 Å². The first-order valence-electron chi connectivity index (χ1n) is 5.84. The number of amides is 1. The summed E-state index contributed by atoms with van der Waals surface area (Å²) in [5, 5.41) is 6.13. The van der Waals surface area contributed by atoms with Gasteiger partial charge in [0.2, 0.25) is 0 Å². The molecule has 1 saturated heterocycles. The predicted molar refractivity (Wildman–Crippen MR) is 64.4 cm³/mol. The summed E-state index contributed by atoms with van der Waals surface area (Å²) in [5.41, 5.74) is 4.59. The summed E-state index contributed by atoms with van der Waals surface area (Å²) in [6.45, 7) is 1.70. The van der Waals surface area contributed by atoms with Crippen LogP contribution < -0.4 is 16.4 Å². The van der Waals surface area contributed by atoms with Gasteiger partial charge in [0, 0.05) is 12.1 Å². The van der Waals surface area contributed by atoms with E-state index in [9.17, 15) is 13.6 Å². The molecule has 1 aromatic rings. The zero-order chi connectivity index (χ0) is 13.1. The van der Waals surface area contributed by atoms with Crippen LogP contribution in [0.5, 0.6) is 0 Å². The lowest BCUT2D eigenvalue weighted by molar-refractivity contribution is 0.0996. The molecule has 6 heteroatoms. The van der Waals surface area contributed by atoms with Crippen molar-refractivity contribution in [2.24, 2.45) is 5.73 Å². The lowest BCUT2D eigenvalue weighted by Crippen LogP contribution is -2.35. The molecule has 0 radical (unpaired) electrons. The second-order valence-electron chi connectivity index (χ2n) is 4.34. The molecule has 0 atom stereocenters. The van der Waals surface area contributed by atoms with Crippen molar-refractivity contribution in [3.8, 4) is 0 Å². The van der Waals surface area contributed by atoms with Gasteiger partial charge < -0.3 is 16.4 Å². The number of anilines is 1. The van der Waals surface area contributed by atoms with Crippen molar-refractivity contribution >= 4 is 11.6 Å². The third-order valence-corrected chi connectivity index (χ3v) is 3.02. The predicted octanol–water partition coefficient (Wildman–Crippen LogP) is 1.23. The van der Waals surface area contributed by atoms with Gasteiger partial charge >= 0.3 is 0 Å². The number of nitrogens with one attached hydrogen (secondary N) is 2. The molecule has 18 heavy (non-hydrogen) atoms. The third-order valence-electron chi connectivity index (χ3n) is 3.02. The Morgan fingerprint density at radius 3 is 2.56 bits per heavy atom. The number of hydrogen-bond acceptors (Lipinski definition) is 3. The van der Waals surface area contributed by atoms with Gasteiger partial charge in [-0.25, -0.2) is 8.78 Å². The summed E-state index contributed by atoms with van der Waals surface area (Å²) in [7, 11) is 0.